The van der Waals surface area contributed by atoms with Crippen LogP contribution in [0.25, 0.3) is 0 Å². The molecule has 0 aliphatic carbocycles. The molecule has 0 unspecified atom stereocenters. The first kappa shape index (κ1) is 13.2. The topological polar surface area (TPSA) is 66.7 Å². The van der Waals surface area contributed by atoms with Gasteiger partial charge in [0, 0.05) is 6.04 Å². The van der Waals surface area contributed by atoms with Gasteiger partial charge in [-0.15, -0.1) is 5.10 Å². The molecular formula is C12H18N4OS. The fourth-order valence-corrected chi connectivity index (χ4v) is 2.16. The van der Waals surface area contributed by atoms with Gasteiger partial charge in [0.05, 0.1) is 12.3 Å². The molecular weight excluding hydrogens is 248 g/mol. The third-order valence-corrected chi connectivity index (χ3v) is 3.19. The van der Waals surface area contributed by atoms with Gasteiger partial charge in [-0.2, -0.15) is 0 Å². The van der Waals surface area contributed by atoms with Crippen molar-refractivity contribution in [3.63, 3.8) is 0 Å². The molecule has 0 radical (unpaired) electrons. The monoisotopic (exact) mass is 266 g/mol. The summed E-state index contributed by atoms with van der Waals surface area (Å²) >= 11 is 1.56. The second-order valence-corrected chi connectivity index (χ2v) is 5.34. The summed E-state index contributed by atoms with van der Waals surface area (Å²) in [5, 5.41) is 11.0. The van der Waals surface area contributed by atoms with Crippen molar-refractivity contribution in [2.75, 3.05) is 0 Å². The highest BCUT2D eigenvalue weighted by atomic mass is 32.2. The Morgan fingerprint density at radius 2 is 2.17 bits per heavy atom. The highest BCUT2D eigenvalue weighted by Gasteiger charge is 2.06. The van der Waals surface area contributed by atoms with Crippen LogP contribution < -0.4 is 5.32 Å². The summed E-state index contributed by atoms with van der Waals surface area (Å²) in [6.45, 7) is 6.89. The van der Waals surface area contributed by atoms with Crippen molar-refractivity contribution in [3.05, 3.63) is 29.5 Å². The van der Waals surface area contributed by atoms with Crippen LogP contribution in [-0.2, 0) is 12.3 Å². The third kappa shape index (κ3) is 3.89. The molecule has 0 saturated heterocycles. The summed E-state index contributed by atoms with van der Waals surface area (Å²) in [4.78, 5) is 4.23. The number of hydrogen-bond donors (Lipinski definition) is 2. The van der Waals surface area contributed by atoms with Crippen LogP contribution in [0, 0.1) is 6.92 Å². The first-order valence-electron chi connectivity index (χ1n) is 5.96. The lowest BCUT2D eigenvalue weighted by Gasteiger charge is -2.04. The third-order valence-electron chi connectivity index (χ3n) is 2.32. The molecule has 18 heavy (non-hydrogen) atoms. The van der Waals surface area contributed by atoms with Crippen molar-refractivity contribution in [1.82, 2.24) is 20.5 Å². The number of rotatable bonds is 6. The maximum absolute atomic E-state index is 5.71. The van der Waals surface area contributed by atoms with E-state index in [0.717, 1.165) is 34.8 Å². The van der Waals surface area contributed by atoms with Gasteiger partial charge in [0.2, 0.25) is 5.16 Å². The zero-order chi connectivity index (χ0) is 13.0. The lowest BCUT2D eigenvalue weighted by atomic mass is 10.3. The first-order valence-corrected chi connectivity index (χ1v) is 6.95. The molecule has 0 aliphatic heterocycles. The second-order valence-electron chi connectivity index (χ2n) is 4.40. The van der Waals surface area contributed by atoms with Crippen LogP contribution in [0.2, 0.25) is 0 Å². The smallest absolute Gasteiger partial charge is 0.208 e. The molecule has 0 saturated carbocycles. The summed E-state index contributed by atoms with van der Waals surface area (Å²) in [5.74, 6) is 3.49. The van der Waals surface area contributed by atoms with Gasteiger partial charge in [-0.1, -0.05) is 25.6 Å². The highest BCUT2D eigenvalue weighted by molar-refractivity contribution is 7.98. The van der Waals surface area contributed by atoms with Crippen LogP contribution in [0.4, 0.5) is 0 Å². The van der Waals surface area contributed by atoms with Gasteiger partial charge in [-0.05, 0) is 19.1 Å². The van der Waals surface area contributed by atoms with E-state index >= 15 is 0 Å². The summed E-state index contributed by atoms with van der Waals surface area (Å²) in [7, 11) is 0. The van der Waals surface area contributed by atoms with E-state index < -0.39 is 0 Å². The van der Waals surface area contributed by atoms with Crippen molar-refractivity contribution in [3.8, 4) is 0 Å². The summed E-state index contributed by atoms with van der Waals surface area (Å²) in [6.07, 6.45) is 0. The Kier molecular flexibility index (Phi) is 4.43. The average Bonchev–Trinajstić information content (AvgIpc) is 2.93. The van der Waals surface area contributed by atoms with E-state index in [1.165, 1.54) is 0 Å². The van der Waals surface area contributed by atoms with E-state index in [-0.39, 0.29) is 0 Å². The number of thioether (sulfide) groups is 1. The standard InChI is InChI=1S/C12H18N4OS/c1-8(2)13-6-10-4-5-11(17-10)7-18-12-14-9(3)15-16-12/h4-5,8,13H,6-7H2,1-3H3,(H,14,15,16). The molecule has 2 rings (SSSR count). The Hall–Kier alpha value is -1.27. The van der Waals surface area contributed by atoms with E-state index in [4.69, 9.17) is 4.42 Å². The molecule has 0 atom stereocenters. The van der Waals surface area contributed by atoms with Crippen LogP contribution in [-0.4, -0.2) is 21.2 Å². The number of aromatic nitrogens is 3. The maximum Gasteiger partial charge on any atom is 0.208 e. The van der Waals surface area contributed by atoms with E-state index in [1.807, 2.05) is 19.1 Å². The van der Waals surface area contributed by atoms with Crippen molar-refractivity contribution < 1.29 is 4.42 Å². The number of furan rings is 1. The van der Waals surface area contributed by atoms with Gasteiger partial charge in [0.1, 0.15) is 17.3 Å². The second kappa shape index (κ2) is 6.06. The zero-order valence-corrected chi connectivity index (χ0v) is 11.7. The predicted molar refractivity (Wildman–Crippen MR) is 71.4 cm³/mol. The summed E-state index contributed by atoms with van der Waals surface area (Å²) in [5.41, 5.74) is 0. The quantitative estimate of drug-likeness (QED) is 0.786. The summed E-state index contributed by atoms with van der Waals surface area (Å²) in [6, 6.07) is 4.47. The number of aryl methyl sites for hydroxylation is 1. The Bertz CT molecular complexity index is 492. The molecule has 2 N–H and O–H groups in total. The highest BCUT2D eigenvalue weighted by Crippen LogP contribution is 2.20. The molecule has 2 heterocycles. The van der Waals surface area contributed by atoms with Gasteiger partial charge >= 0.3 is 0 Å². The maximum atomic E-state index is 5.71. The number of aromatic amines is 1. The molecule has 0 aliphatic rings. The molecule has 5 nitrogen and oxygen atoms in total. The minimum atomic E-state index is 0.462. The molecule has 0 spiro atoms. The van der Waals surface area contributed by atoms with E-state index in [0.29, 0.717) is 6.04 Å². The van der Waals surface area contributed by atoms with Crippen molar-refractivity contribution in [1.29, 1.82) is 0 Å². The molecule has 2 aromatic rings. The van der Waals surface area contributed by atoms with Crippen LogP contribution in [0.1, 0.15) is 31.2 Å². The Balaban J connectivity index is 1.83. The first-order chi connectivity index (χ1) is 8.63. The fraction of sp³-hybridized carbons (Fsp3) is 0.500. The van der Waals surface area contributed by atoms with Crippen LogP contribution >= 0.6 is 11.8 Å². The molecule has 0 fully saturated rings. The average molecular weight is 266 g/mol. The molecule has 0 aromatic carbocycles. The van der Waals surface area contributed by atoms with Gasteiger partial charge < -0.3 is 9.73 Å². The number of nitrogens with zero attached hydrogens (tertiary/aromatic N) is 2. The molecule has 2 aromatic heterocycles. The predicted octanol–water partition coefficient (Wildman–Crippen LogP) is 2.50. The van der Waals surface area contributed by atoms with Crippen molar-refractivity contribution in [2.45, 2.75) is 44.3 Å². The Morgan fingerprint density at radius 3 is 2.83 bits per heavy atom. The zero-order valence-electron chi connectivity index (χ0n) is 10.9. The van der Waals surface area contributed by atoms with Gasteiger partial charge in [-0.3, -0.25) is 5.10 Å². The fourth-order valence-electron chi connectivity index (χ4n) is 1.42. The lowest BCUT2D eigenvalue weighted by molar-refractivity contribution is 0.445. The largest absolute Gasteiger partial charge is 0.464 e. The van der Waals surface area contributed by atoms with Crippen molar-refractivity contribution >= 4 is 11.8 Å². The van der Waals surface area contributed by atoms with Gasteiger partial charge in [-0.25, -0.2) is 4.98 Å². The van der Waals surface area contributed by atoms with Crippen LogP contribution in [0.15, 0.2) is 21.7 Å². The Morgan fingerprint density at radius 1 is 1.39 bits per heavy atom. The van der Waals surface area contributed by atoms with Crippen molar-refractivity contribution in [2.24, 2.45) is 0 Å². The number of H-pyrrole nitrogens is 1. The SMILES string of the molecule is Cc1nc(SCc2ccc(CNC(C)C)o2)n[nH]1. The summed E-state index contributed by atoms with van der Waals surface area (Å²) < 4.78 is 5.71. The molecule has 0 bridgehead atoms. The van der Waals surface area contributed by atoms with E-state index in [2.05, 4.69) is 34.3 Å². The Labute approximate surface area is 111 Å². The number of hydrogen-bond acceptors (Lipinski definition) is 5. The van der Waals surface area contributed by atoms with Gasteiger partial charge in [0.15, 0.2) is 0 Å². The van der Waals surface area contributed by atoms with E-state index in [1.54, 1.807) is 11.8 Å². The molecule has 98 valence electrons. The number of nitrogens with one attached hydrogen (secondary N) is 2. The normalized spacial score (nSPS) is 11.3. The minimum Gasteiger partial charge on any atom is -0.464 e. The van der Waals surface area contributed by atoms with Crippen LogP contribution in [0.3, 0.4) is 0 Å². The van der Waals surface area contributed by atoms with Crippen LogP contribution in [0.5, 0.6) is 0 Å². The lowest BCUT2D eigenvalue weighted by Crippen LogP contribution is -2.21. The van der Waals surface area contributed by atoms with Gasteiger partial charge in [0.25, 0.3) is 0 Å². The van der Waals surface area contributed by atoms with E-state index in [9.17, 15) is 0 Å². The molecule has 0 amide bonds. The molecule has 6 heteroatoms. The minimum absolute atomic E-state index is 0.462.